The molecule has 0 bridgehead atoms. The predicted octanol–water partition coefficient (Wildman–Crippen LogP) is 2.48. The number of anilines is 2. The van der Waals surface area contributed by atoms with E-state index in [0.29, 0.717) is 6.54 Å². The first-order valence-corrected chi connectivity index (χ1v) is 6.97. The first kappa shape index (κ1) is 14.8. The number of nitrogens with one attached hydrogen (secondary N) is 3. The average Bonchev–Trinajstić information content (AvgIpc) is 2.53. The highest BCUT2D eigenvalue weighted by atomic mass is 19.1. The Morgan fingerprint density at radius 1 is 1.26 bits per heavy atom. The summed E-state index contributed by atoms with van der Waals surface area (Å²) in [4.78, 5) is 23.2. The lowest BCUT2D eigenvalue weighted by molar-refractivity contribution is -0.118. The van der Waals surface area contributed by atoms with Gasteiger partial charge in [0.1, 0.15) is 5.82 Å². The van der Waals surface area contributed by atoms with Crippen molar-refractivity contribution in [2.75, 3.05) is 17.2 Å². The van der Waals surface area contributed by atoms with Crippen LogP contribution in [-0.4, -0.2) is 18.5 Å². The second kappa shape index (κ2) is 6.35. The third-order valence-electron chi connectivity index (χ3n) is 3.22. The lowest BCUT2D eigenvalue weighted by atomic mass is 10.2. The minimum absolute atomic E-state index is 0.158. The molecule has 0 saturated carbocycles. The van der Waals surface area contributed by atoms with Gasteiger partial charge in [0.25, 0.3) is 5.91 Å². The summed E-state index contributed by atoms with van der Waals surface area (Å²) in [5.41, 5.74) is 1.29. The molecule has 23 heavy (non-hydrogen) atoms. The summed E-state index contributed by atoms with van der Waals surface area (Å²) in [5.74, 6) is -0.726. The third kappa shape index (κ3) is 3.57. The molecule has 0 atom stereocenters. The van der Waals surface area contributed by atoms with Crippen LogP contribution in [0.2, 0.25) is 0 Å². The van der Waals surface area contributed by atoms with Crippen molar-refractivity contribution in [3.63, 3.8) is 0 Å². The van der Waals surface area contributed by atoms with Crippen LogP contribution >= 0.6 is 0 Å². The normalized spacial score (nSPS) is 12.7. The number of carbonyl (C=O) groups excluding carboxylic acids is 2. The molecule has 0 radical (unpaired) electrons. The first-order valence-electron chi connectivity index (χ1n) is 6.97. The molecule has 7 heteroatoms. The molecule has 3 rings (SSSR count). The molecule has 0 spiro atoms. The number of fused-ring (bicyclic) bond motifs is 1. The van der Waals surface area contributed by atoms with E-state index >= 15 is 0 Å². The maximum atomic E-state index is 13.6. The zero-order valence-corrected chi connectivity index (χ0v) is 12.1. The molecule has 0 aromatic heterocycles. The molecule has 1 aliphatic rings. The van der Waals surface area contributed by atoms with Crippen LogP contribution in [-0.2, 0) is 11.3 Å². The standard InChI is InChI=1S/C16H14FN3O3/c17-11-6-12-15(23-9-14(21)19-12)13(7-11)20-16(22)18-8-10-4-2-1-3-5-10/h1-7H,8-9H2,(H,19,21)(H2,18,20,22). The maximum absolute atomic E-state index is 13.6. The number of amides is 3. The van der Waals surface area contributed by atoms with E-state index in [4.69, 9.17) is 4.74 Å². The summed E-state index contributed by atoms with van der Waals surface area (Å²) in [5, 5.41) is 7.69. The Kier molecular flexibility index (Phi) is 4.09. The zero-order valence-electron chi connectivity index (χ0n) is 12.1. The molecular formula is C16H14FN3O3. The van der Waals surface area contributed by atoms with Gasteiger partial charge in [0.2, 0.25) is 0 Å². The number of ether oxygens (including phenoxy) is 1. The Balaban J connectivity index is 1.70. The number of benzene rings is 2. The van der Waals surface area contributed by atoms with Crippen LogP contribution in [0.5, 0.6) is 5.75 Å². The van der Waals surface area contributed by atoms with Gasteiger partial charge in [0.15, 0.2) is 12.4 Å². The van der Waals surface area contributed by atoms with Crippen molar-refractivity contribution in [2.45, 2.75) is 6.54 Å². The third-order valence-corrected chi connectivity index (χ3v) is 3.22. The molecule has 0 aliphatic carbocycles. The van der Waals surface area contributed by atoms with Crippen molar-refractivity contribution >= 4 is 23.3 Å². The van der Waals surface area contributed by atoms with Gasteiger partial charge in [-0.25, -0.2) is 9.18 Å². The van der Waals surface area contributed by atoms with E-state index in [1.54, 1.807) is 0 Å². The van der Waals surface area contributed by atoms with E-state index in [1.807, 2.05) is 30.3 Å². The second-order valence-corrected chi connectivity index (χ2v) is 4.96. The van der Waals surface area contributed by atoms with Crippen LogP contribution in [0.1, 0.15) is 5.56 Å². The van der Waals surface area contributed by atoms with Crippen LogP contribution in [0.25, 0.3) is 0 Å². The van der Waals surface area contributed by atoms with E-state index in [-0.39, 0.29) is 29.6 Å². The smallest absolute Gasteiger partial charge is 0.319 e. The van der Waals surface area contributed by atoms with Crippen LogP contribution in [0, 0.1) is 5.82 Å². The molecule has 1 heterocycles. The Morgan fingerprint density at radius 3 is 2.83 bits per heavy atom. The number of urea groups is 1. The lowest BCUT2D eigenvalue weighted by Gasteiger charge is -2.21. The molecule has 3 N–H and O–H groups in total. The highest BCUT2D eigenvalue weighted by Gasteiger charge is 2.21. The maximum Gasteiger partial charge on any atom is 0.319 e. The van der Waals surface area contributed by atoms with E-state index in [1.165, 1.54) is 0 Å². The number of halogens is 1. The van der Waals surface area contributed by atoms with Gasteiger partial charge in [-0.3, -0.25) is 4.79 Å². The van der Waals surface area contributed by atoms with E-state index < -0.39 is 11.8 Å². The van der Waals surface area contributed by atoms with Crippen molar-refractivity contribution in [1.29, 1.82) is 0 Å². The average molecular weight is 315 g/mol. The lowest BCUT2D eigenvalue weighted by Crippen LogP contribution is -2.30. The summed E-state index contributed by atoms with van der Waals surface area (Å²) in [6, 6.07) is 11.2. The Morgan fingerprint density at radius 2 is 2.04 bits per heavy atom. The molecule has 0 fully saturated rings. The SMILES string of the molecule is O=C1COc2c(cc(F)cc2NC(=O)NCc2ccccc2)N1. The fraction of sp³-hybridized carbons (Fsp3) is 0.125. The van der Waals surface area contributed by atoms with Gasteiger partial charge in [0, 0.05) is 18.7 Å². The Labute approximate surface area is 131 Å². The monoisotopic (exact) mass is 315 g/mol. The zero-order chi connectivity index (χ0) is 16.2. The first-order chi connectivity index (χ1) is 11.1. The van der Waals surface area contributed by atoms with Gasteiger partial charge in [-0.05, 0) is 5.56 Å². The minimum atomic E-state index is -0.590. The summed E-state index contributed by atoms with van der Waals surface area (Å²) < 4.78 is 18.9. The molecule has 0 saturated heterocycles. The molecule has 2 aromatic carbocycles. The Hall–Kier alpha value is -3.09. The molecule has 1 aliphatic heterocycles. The fourth-order valence-electron chi connectivity index (χ4n) is 2.20. The fourth-order valence-corrected chi connectivity index (χ4v) is 2.20. The summed E-state index contributed by atoms with van der Waals surface area (Å²) in [7, 11) is 0. The van der Waals surface area contributed by atoms with Crippen LogP contribution < -0.4 is 20.7 Å². The summed E-state index contributed by atoms with van der Waals surface area (Å²) in [6.45, 7) is 0.153. The van der Waals surface area contributed by atoms with Crippen molar-refractivity contribution < 1.29 is 18.7 Å². The summed E-state index contributed by atoms with van der Waals surface area (Å²) >= 11 is 0. The van der Waals surface area contributed by atoms with Crippen LogP contribution in [0.3, 0.4) is 0 Å². The van der Waals surface area contributed by atoms with Gasteiger partial charge in [-0.2, -0.15) is 0 Å². The molecule has 118 valence electrons. The summed E-state index contributed by atoms with van der Waals surface area (Å²) in [6.07, 6.45) is 0. The van der Waals surface area contributed by atoms with Gasteiger partial charge >= 0.3 is 6.03 Å². The second-order valence-electron chi connectivity index (χ2n) is 4.96. The van der Waals surface area contributed by atoms with Crippen molar-refractivity contribution in [1.82, 2.24) is 5.32 Å². The highest BCUT2D eigenvalue weighted by molar-refractivity contribution is 5.99. The minimum Gasteiger partial charge on any atom is -0.479 e. The van der Waals surface area contributed by atoms with E-state index in [9.17, 15) is 14.0 Å². The largest absolute Gasteiger partial charge is 0.479 e. The quantitative estimate of drug-likeness (QED) is 0.814. The van der Waals surface area contributed by atoms with Gasteiger partial charge in [-0.1, -0.05) is 30.3 Å². The number of rotatable bonds is 3. The van der Waals surface area contributed by atoms with Gasteiger partial charge in [0.05, 0.1) is 11.4 Å². The number of hydrogen-bond donors (Lipinski definition) is 3. The van der Waals surface area contributed by atoms with Crippen molar-refractivity contribution in [3.05, 3.63) is 53.8 Å². The molecule has 0 unspecified atom stereocenters. The Bertz CT molecular complexity index is 750. The van der Waals surface area contributed by atoms with Gasteiger partial charge < -0.3 is 20.7 Å². The molecule has 6 nitrogen and oxygen atoms in total. The van der Waals surface area contributed by atoms with Crippen LogP contribution in [0.4, 0.5) is 20.6 Å². The topological polar surface area (TPSA) is 79.5 Å². The molecular weight excluding hydrogens is 301 g/mol. The number of carbonyl (C=O) groups is 2. The highest BCUT2D eigenvalue weighted by Crippen LogP contribution is 2.36. The van der Waals surface area contributed by atoms with Gasteiger partial charge in [-0.15, -0.1) is 0 Å². The predicted molar refractivity (Wildman–Crippen MR) is 82.8 cm³/mol. The molecule has 3 amide bonds. The van der Waals surface area contributed by atoms with Crippen molar-refractivity contribution in [2.24, 2.45) is 0 Å². The van der Waals surface area contributed by atoms with E-state index in [0.717, 1.165) is 17.7 Å². The van der Waals surface area contributed by atoms with E-state index in [2.05, 4.69) is 16.0 Å². The molecule has 2 aromatic rings. The van der Waals surface area contributed by atoms with Crippen molar-refractivity contribution in [3.8, 4) is 5.75 Å². The van der Waals surface area contributed by atoms with Crippen LogP contribution in [0.15, 0.2) is 42.5 Å². The number of hydrogen-bond acceptors (Lipinski definition) is 3.